The van der Waals surface area contributed by atoms with E-state index in [1.54, 1.807) is 0 Å². The molecular weight excluding hydrogens is 336 g/mol. The third kappa shape index (κ3) is 5.83. The van der Waals surface area contributed by atoms with E-state index in [-0.39, 0.29) is 11.9 Å². The van der Waals surface area contributed by atoms with Crippen LogP contribution in [-0.4, -0.2) is 36.5 Å². The maximum Gasteiger partial charge on any atom is 0.223 e. The third-order valence-electron chi connectivity index (χ3n) is 5.34. The summed E-state index contributed by atoms with van der Waals surface area (Å²) in [4.78, 5) is 14.7. The molecule has 1 aliphatic heterocycles. The lowest BCUT2D eigenvalue weighted by Crippen LogP contribution is -2.44. The number of rotatable bonds is 7. The SMILES string of the molecule is Cc1cccc(OCCC(=O)NC2CCN(Cc3ccccc3)CC2)c1C. The van der Waals surface area contributed by atoms with Crippen molar-refractivity contribution in [3.8, 4) is 5.75 Å². The van der Waals surface area contributed by atoms with Crippen LogP contribution in [0.15, 0.2) is 48.5 Å². The van der Waals surface area contributed by atoms with Gasteiger partial charge in [0.15, 0.2) is 0 Å². The topological polar surface area (TPSA) is 41.6 Å². The standard InChI is InChI=1S/C23H30N2O2/c1-18-7-6-10-22(19(18)2)27-16-13-23(26)24-21-11-14-25(15-12-21)17-20-8-4-3-5-9-20/h3-10,21H,11-17H2,1-2H3,(H,24,26). The van der Waals surface area contributed by atoms with Crippen LogP contribution in [-0.2, 0) is 11.3 Å². The van der Waals surface area contributed by atoms with Gasteiger partial charge in [-0.2, -0.15) is 0 Å². The van der Waals surface area contributed by atoms with E-state index in [1.807, 2.05) is 19.1 Å². The molecule has 144 valence electrons. The van der Waals surface area contributed by atoms with Gasteiger partial charge in [0.05, 0.1) is 13.0 Å². The van der Waals surface area contributed by atoms with Crippen LogP contribution in [0.1, 0.15) is 36.0 Å². The number of hydrogen-bond acceptors (Lipinski definition) is 3. The van der Waals surface area contributed by atoms with E-state index in [1.165, 1.54) is 11.1 Å². The normalized spacial score (nSPS) is 15.5. The molecule has 1 aliphatic rings. The highest BCUT2D eigenvalue weighted by Gasteiger charge is 2.20. The molecule has 1 saturated heterocycles. The number of nitrogens with zero attached hydrogens (tertiary/aromatic N) is 1. The highest BCUT2D eigenvalue weighted by atomic mass is 16.5. The van der Waals surface area contributed by atoms with E-state index in [4.69, 9.17) is 4.74 Å². The molecule has 2 aromatic rings. The zero-order valence-corrected chi connectivity index (χ0v) is 16.4. The summed E-state index contributed by atoms with van der Waals surface area (Å²) in [5.74, 6) is 0.957. The molecule has 3 rings (SSSR count). The van der Waals surface area contributed by atoms with E-state index < -0.39 is 0 Å². The number of ether oxygens (including phenoxy) is 1. The Morgan fingerprint density at radius 1 is 1.07 bits per heavy atom. The lowest BCUT2D eigenvalue weighted by atomic mass is 10.0. The Kier molecular flexibility index (Phi) is 6.88. The summed E-state index contributed by atoms with van der Waals surface area (Å²) in [6, 6.07) is 16.9. The number of carbonyl (C=O) groups excluding carboxylic acids is 1. The highest BCUT2D eigenvalue weighted by molar-refractivity contribution is 5.76. The molecule has 0 unspecified atom stereocenters. The fourth-order valence-electron chi connectivity index (χ4n) is 3.51. The van der Waals surface area contributed by atoms with Gasteiger partial charge in [-0.15, -0.1) is 0 Å². The van der Waals surface area contributed by atoms with Crippen LogP contribution in [0.4, 0.5) is 0 Å². The highest BCUT2D eigenvalue weighted by Crippen LogP contribution is 2.20. The number of hydrogen-bond donors (Lipinski definition) is 1. The Morgan fingerprint density at radius 2 is 1.81 bits per heavy atom. The first-order chi connectivity index (χ1) is 13.1. The molecule has 4 heteroatoms. The summed E-state index contributed by atoms with van der Waals surface area (Å²) in [7, 11) is 0. The van der Waals surface area contributed by atoms with Gasteiger partial charge in [0.1, 0.15) is 5.75 Å². The molecule has 1 amide bonds. The molecule has 0 spiro atoms. The van der Waals surface area contributed by atoms with Crippen molar-refractivity contribution in [1.82, 2.24) is 10.2 Å². The molecule has 0 atom stereocenters. The first-order valence-electron chi connectivity index (χ1n) is 9.86. The van der Waals surface area contributed by atoms with Crippen molar-refractivity contribution >= 4 is 5.91 Å². The van der Waals surface area contributed by atoms with Gasteiger partial charge in [-0.1, -0.05) is 42.5 Å². The van der Waals surface area contributed by atoms with Crippen LogP contribution in [0.5, 0.6) is 5.75 Å². The Balaban J connectivity index is 1.35. The summed E-state index contributed by atoms with van der Waals surface area (Å²) in [6.45, 7) is 7.58. The minimum Gasteiger partial charge on any atom is -0.493 e. The zero-order valence-electron chi connectivity index (χ0n) is 16.4. The number of aryl methyl sites for hydroxylation is 1. The molecule has 1 N–H and O–H groups in total. The number of amides is 1. The molecule has 0 aromatic heterocycles. The molecule has 4 nitrogen and oxygen atoms in total. The Morgan fingerprint density at radius 3 is 2.56 bits per heavy atom. The van der Waals surface area contributed by atoms with Crippen LogP contribution >= 0.6 is 0 Å². The monoisotopic (exact) mass is 366 g/mol. The van der Waals surface area contributed by atoms with Crippen LogP contribution in [0.2, 0.25) is 0 Å². The first kappa shape index (κ1) is 19.4. The quantitative estimate of drug-likeness (QED) is 0.809. The second kappa shape index (κ2) is 9.56. The predicted molar refractivity (Wildman–Crippen MR) is 109 cm³/mol. The molecule has 1 heterocycles. The molecule has 0 radical (unpaired) electrons. The van der Waals surface area contributed by atoms with Gasteiger partial charge in [0.2, 0.25) is 5.91 Å². The lowest BCUT2D eigenvalue weighted by Gasteiger charge is -2.32. The smallest absolute Gasteiger partial charge is 0.223 e. The van der Waals surface area contributed by atoms with E-state index in [2.05, 4.69) is 53.5 Å². The molecule has 0 bridgehead atoms. The number of nitrogens with one attached hydrogen (secondary N) is 1. The summed E-state index contributed by atoms with van der Waals surface area (Å²) >= 11 is 0. The number of benzene rings is 2. The van der Waals surface area contributed by atoms with Crippen molar-refractivity contribution in [2.24, 2.45) is 0 Å². The van der Waals surface area contributed by atoms with Gasteiger partial charge >= 0.3 is 0 Å². The Labute approximate surface area is 162 Å². The Bertz CT molecular complexity index is 737. The zero-order chi connectivity index (χ0) is 19.1. The lowest BCUT2D eigenvalue weighted by molar-refractivity contribution is -0.122. The number of likely N-dealkylation sites (tertiary alicyclic amines) is 1. The van der Waals surface area contributed by atoms with Gasteiger partial charge < -0.3 is 10.1 Å². The molecule has 1 fully saturated rings. The molecule has 0 saturated carbocycles. The third-order valence-corrected chi connectivity index (χ3v) is 5.34. The van der Waals surface area contributed by atoms with Crippen molar-refractivity contribution < 1.29 is 9.53 Å². The molecule has 2 aromatic carbocycles. The maximum atomic E-state index is 12.2. The summed E-state index contributed by atoms with van der Waals surface area (Å²) in [5.41, 5.74) is 3.70. The molecule has 27 heavy (non-hydrogen) atoms. The second-order valence-electron chi connectivity index (χ2n) is 7.40. The van der Waals surface area contributed by atoms with Crippen LogP contribution in [0.3, 0.4) is 0 Å². The van der Waals surface area contributed by atoms with Gasteiger partial charge in [-0.05, 0) is 49.4 Å². The maximum absolute atomic E-state index is 12.2. The van der Waals surface area contributed by atoms with Crippen LogP contribution < -0.4 is 10.1 Å². The molecular formula is C23H30N2O2. The van der Waals surface area contributed by atoms with Crippen molar-refractivity contribution in [2.75, 3.05) is 19.7 Å². The average Bonchev–Trinajstić information content (AvgIpc) is 2.67. The summed E-state index contributed by atoms with van der Waals surface area (Å²) in [5, 5.41) is 3.17. The van der Waals surface area contributed by atoms with Crippen molar-refractivity contribution in [1.29, 1.82) is 0 Å². The van der Waals surface area contributed by atoms with Crippen molar-refractivity contribution in [3.05, 3.63) is 65.2 Å². The van der Waals surface area contributed by atoms with Gasteiger partial charge in [0.25, 0.3) is 0 Å². The van der Waals surface area contributed by atoms with Crippen LogP contribution in [0, 0.1) is 13.8 Å². The molecule has 0 aliphatic carbocycles. The fraction of sp³-hybridized carbons (Fsp3) is 0.435. The fourth-order valence-corrected chi connectivity index (χ4v) is 3.51. The van der Waals surface area contributed by atoms with Crippen molar-refractivity contribution in [2.45, 2.75) is 45.7 Å². The van der Waals surface area contributed by atoms with Crippen LogP contribution in [0.25, 0.3) is 0 Å². The van der Waals surface area contributed by atoms with E-state index in [9.17, 15) is 4.79 Å². The van der Waals surface area contributed by atoms with Gasteiger partial charge in [0, 0.05) is 25.7 Å². The van der Waals surface area contributed by atoms with E-state index in [0.29, 0.717) is 13.0 Å². The Hall–Kier alpha value is -2.33. The average molecular weight is 367 g/mol. The number of carbonyl (C=O) groups is 1. The largest absolute Gasteiger partial charge is 0.493 e. The number of piperidine rings is 1. The van der Waals surface area contributed by atoms with E-state index >= 15 is 0 Å². The van der Waals surface area contributed by atoms with Gasteiger partial charge in [-0.25, -0.2) is 0 Å². The second-order valence-corrected chi connectivity index (χ2v) is 7.40. The minimum atomic E-state index is 0.0850. The van der Waals surface area contributed by atoms with Gasteiger partial charge in [-0.3, -0.25) is 9.69 Å². The minimum absolute atomic E-state index is 0.0850. The predicted octanol–water partition coefficient (Wildman–Crippen LogP) is 3.85. The summed E-state index contributed by atoms with van der Waals surface area (Å²) < 4.78 is 5.79. The van der Waals surface area contributed by atoms with E-state index in [0.717, 1.165) is 43.8 Å². The van der Waals surface area contributed by atoms with Crippen molar-refractivity contribution in [3.63, 3.8) is 0 Å². The first-order valence-corrected chi connectivity index (χ1v) is 9.86. The summed E-state index contributed by atoms with van der Waals surface area (Å²) in [6.07, 6.45) is 2.42.